The molecule has 0 saturated heterocycles. The van der Waals surface area contributed by atoms with E-state index >= 15 is 0 Å². The van der Waals surface area contributed by atoms with Crippen molar-refractivity contribution in [1.29, 1.82) is 0 Å². The minimum absolute atomic E-state index is 0.0344. The Labute approximate surface area is 107 Å². The van der Waals surface area contributed by atoms with Gasteiger partial charge in [0.2, 0.25) is 5.91 Å². The molecule has 18 heavy (non-hydrogen) atoms. The number of hydrogen-bond acceptors (Lipinski definition) is 2. The van der Waals surface area contributed by atoms with E-state index in [1.807, 2.05) is 43.3 Å². The smallest absolute Gasteiger partial charge is 0.226 e. The van der Waals surface area contributed by atoms with Crippen LogP contribution in [-0.4, -0.2) is 16.9 Å². The lowest BCUT2D eigenvalue weighted by atomic mass is 10.1. The monoisotopic (exact) mass is 242 g/mol. The van der Waals surface area contributed by atoms with Crippen molar-refractivity contribution in [2.45, 2.75) is 32.7 Å². The molecule has 2 rings (SSSR count). The molecule has 1 atom stereocenters. The summed E-state index contributed by atoms with van der Waals surface area (Å²) in [6.07, 6.45) is 1.28. The van der Waals surface area contributed by atoms with Gasteiger partial charge in [-0.2, -0.15) is 0 Å². The summed E-state index contributed by atoms with van der Waals surface area (Å²) >= 11 is 0. The molecule has 0 saturated carbocycles. The van der Waals surface area contributed by atoms with E-state index < -0.39 is 0 Å². The predicted octanol–water partition coefficient (Wildman–Crippen LogP) is 2.69. The molecule has 3 heteroatoms. The molecule has 0 aliphatic heterocycles. The number of para-hydroxylation sites is 1. The summed E-state index contributed by atoms with van der Waals surface area (Å²) in [5.41, 5.74) is 1.75. The van der Waals surface area contributed by atoms with Gasteiger partial charge in [-0.15, -0.1) is 0 Å². The fraction of sp³-hybridized carbons (Fsp3) is 0.333. The number of benzene rings is 1. The minimum Gasteiger partial charge on any atom is -0.353 e. The zero-order valence-electron chi connectivity index (χ0n) is 10.8. The summed E-state index contributed by atoms with van der Waals surface area (Å²) in [6.45, 7) is 4.06. The Morgan fingerprint density at radius 3 is 2.83 bits per heavy atom. The van der Waals surface area contributed by atoms with Gasteiger partial charge in [0.25, 0.3) is 0 Å². The molecule has 1 aromatic carbocycles. The quantitative estimate of drug-likeness (QED) is 0.895. The topological polar surface area (TPSA) is 42.0 Å². The number of fused-ring (bicyclic) bond motifs is 1. The van der Waals surface area contributed by atoms with Crippen LogP contribution in [0.3, 0.4) is 0 Å². The molecule has 3 nitrogen and oxygen atoms in total. The van der Waals surface area contributed by atoms with Crippen LogP contribution < -0.4 is 5.32 Å². The summed E-state index contributed by atoms with van der Waals surface area (Å²) in [5, 5.41) is 4.05. The number of nitrogens with one attached hydrogen (secondary N) is 1. The van der Waals surface area contributed by atoms with Gasteiger partial charge in [-0.05, 0) is 25.5 Å². The minimum atomic E-state index is 0.0344. The average molecular weight is 242 g/mol. The Hall–Kier alpha value is -1.90. The van der Waals surface area contributed by atoms with E-state index in [1.165, 1.54) is 0 Å². The predicted molar refractivity (Wildman–Crippen MR) is 73.3 cm³/mol. The van der Waals surface area contributed by atoms with Gasteiger partial charge in [0.1, 0.15) is 0 Å². The van der Waals surface area contributed by atoms with E-state index in [9.17, 15) is 4.79 Å². The van der Waals surface area contributed by atoms with E-state index in [4.69, 9.17) is 0 Å². The summed E-state index contributed by atoms with van der Waals surface area (Å²) in [7, 11) is 0. The summed E-state index contributed by atoms with van der Waals surface area (Å²) < 4.78 is 0. The third kappa shape index (κ3) is 3.06. The van der Waals surface area contributed by atoms with Crippen LogP contribution in [0.2, 0.25) is 0 Å². The first kappa shape index (κ1) is 12.6. The van der Waals surface area contributed by atoms with E-state index in [2.05, 4.69) is 17.2 Å². The first-order chi connectivity index (χ1) is 8.69. The van der Waals surface area contributed by atoms with Gasteiger partial charge in [-0.1, -0.05) is 31.2 Å². The van der Waals surface area contributed by atoms with Crippen LogP contribution >= 0.6 is 0 Å². The fourth-order valence-electron chi connectivity index (χ4n) is 1.80. The third-order valence-electron chi connectivity index (χ3n) is 3.02. The van der Waals surface area contributed by atoms with Crippen LogP contribution in [0, 0.1) is 0 Å². The summed E-state index contributed by atoms with van der Waals surface area (Å²) in [4.78, 5) is 16.3. The van der Waals surface area contributed by atoms with Crippen molar-refractivity contribution in [3.63, 3.8) is 0 Å². The highest BCUT2D eigenvalue weighted by Gasteiger charge is 2.07. The SMILES string of the molecule is CCC(C)NC(=O)Cc1ccc2ccccc2n1. The highest BCUT2D eigenvalue weighted by Crippen LogP contribution is 2.12. The van der Waals surface area contributed by atoms with Crippen LogP contribution in [-0.2, 0) is 11.2 Å². The van der Waals surface area contributed by atoms with Crippen LogP contribution in [0.5, 0.6) is 0 Å². The second-order valence-corrected chi connectivity index (χ2v) is 4.55. The fourth-order valence-corrected chi connectivity index (χ4v) is 1.80. The molecule has 1 heterocycles. The maximum atomic E-state index is 11.8. The standard InChI is InChI=1S/C15H18N2O/c1-3-11(2)16-15(18)10-13-9-8-12-6-4-5-7-14(12)17-13/h4-9,11H,3,10H2,1-2H3,(H,16,18). The Bertz CT molecular complexity index is 551. The molecule has 94 valence electrons. The Morgan fingerprint density at radius 2 is 2.06 bits per heavy atom. The van der Waals surface area contributed by atoms with Gasteiger partial charge in [-0.3, -0.25) is 9.78 Å². The molecule has 0 fully saturated rings. The largest absolute Gasteiger partial charge is 0.353 e. The molecule has 1 N–H and O–H groups in total. The van der Waals surface area contributed by atoms with Crippen molar-refractivity contribution in [2.24, 2.45) is 0 Å². The molecule has 0 aliphatic carbocycles. The van der Waals surface area contributed by atoms with Crippen molar-refractivity contribution >= 4 is 16.8 Å². The van der Waals surface area contributed by atoms with Crippen LogP contribution in [0.1, 0.15) is 26.0 Å². The lowest BCUT2D eigenvalue weighted by molar-refractivity contribution is -0.121. The highest BCUT2D eigenvalue weighted by atomic mass is 16.1. The van der Waals surface area contributed by atoms with Gasteiger partial charge in [0.05, 0.1) is 17.6 Å². The van der Waals surface area contributed by atoms with Crippen LogP contribution in [0.4, 0.5) is 0 Å². The number of nitrogens with zero attached hydrogens (tertiary/aromatic N) is 1. The highest BCUT2D eigenvalue weighted by molar-refractivity contribution is 5.81. The number of amides is 1. The first-order valence-electron chi connectivity index (χ1n) is 6.33. The molecular weight excluding hydrogens is 224 g/mol. The van der Waals surface area contributed by atoms with Crippen molar-refractivity contribution in [2.75, 3.05) is 0 Å². The van der Waals surface area contributed by atoms with Crippen molar-refractivity contribution < 1.29 is 4.79 Å². The molecule has 0 bridgehead atoms. The van der Waals surface area contributed by atoms with Crippen molar-refractivity contribution in [1.82, 2.24) is 10.3 Å². The number of rotatable bonds is 4. The molecule has 0 spiro atoms. The normalized spacial score (nSPS) is 12.3. The molecule has 1 unspecified atom stereocenters. The maximum absolute atomic E-state index is 11.8. The Morgan fingerprint density at radius 1 is 1.28 bits per heavy atom. The summed E-state index contributed by atoms with van der Waals surface area (Å²) in [6, 6.07) is 12.1. The molecule has 0 aliphatic rings. The van der Waals surface area contributed by atoms with Gasteiger partial charge in [0.15, 0.2) is 0 Å². The molecule has 0 radical (unpaired) electrons. The Balaban J connectivity index is 2.10. The lowest BCUT2D eigenvalue weighted by Gasteiger charge is -2.11. The lowest BCUT2D eigenvalue weighted by Crippen LogP contribution is -2.33. The number of aromatic nitrogens is 1. The summed E-state index contributed by atoms with van der Waals surface area (Å²) in [5.74, 6) is 0.0344. The molecule has 1 amide bonds. The molecular formula is C15H18N2O. The second-order valence-electron chi connectivity index (χ2n) is 4.55. The van der Waals surface area contributed by atoms with E-state index in [1.54, 1.807) is 0 Å². The molecule has 2 aromatic rings. The van der Waals surface area contributed by atoms with Crippen molar-refractivity contribution in [3.05, 3.63) is 42.1 Å². The van der Waals surface area contributed by atoms with Gasteiger partial charge < -0.3 is 5.32 Å². The average Bonchev–Trinajstić information content (AvgIpc) is 2.38. The maximum Gasteiger partial charge on any atom is 0.226 e. The van der Waals surface area contributed by atoms with Crippen LogP contribution in [0.15, 0.2) is 36.4 Å². The number of hydrogen-bond donors (Lipinski definition) is 1. The first-order valence-corrected chi connectivity index (χ1v) is 6.33. The second kappa shape index (κ2) is 5.63. The number of carbonyl (C=O) groups is 1. The van der Waals surface area contributed by atoms with E-state index in [-0.39, 0.29) is 11.9 Å². The third-order valence-corrected chi connectivity index (χ3v) is 3.02. The Kier molecular flexibility index (Phi) is 3.92. The van der Waals surface area contributed by atoms with Gasteiger partial charge in [0, 0.05) is 11.4 Å². The zero-order chi connectivity index (χ0) is 13.0. The number of carbonyl (C=O) groups excluding carboxylic acids is 1. The zero-order valence-corrected chi connectivity index (χ0v) is 10.8. The van der Waals surface area contributed by atoms with Gasteiger partial charge in [-0.25, -0.2) is 0 Å². The molecule has 1 aromatic heterocycles. The van der Waals surface area contributed by atoms with E-state index in [0.29, 0.717) is 6.42 Å². The van der Waals surface area contributed by atoms with Gasteiger partial charge >= 0.3 is 0 Å². The van der Waals surface area contributed by atoms with Crippen molar-refractivity contribution in [3.8, 4) is 0 Å². The number of pyridine rings is 1. The van der Waals surface area contributed by atoms with Crippen LogP contribution in [0.25, 0.3) is 10.9 Å². The van der Waals surface area contributed by atoms with E-state index in [0.717, 1.165) is 23.0 Å².